The number of carbonyl (C=O) groups excluding carboxylic acids is 1. The van der Waals surface area contributed by atoms with Crippen LogP contribution in [0.25, 0.3) is 11.0 Å². The molecule has 1 aromatic carbocycles. The molecule has 0 aliphatic carbocycles. The number of carbonyl (C=O) groups is 2. The van der Waals surface area contributed by atoms with E-state index in [9.17, 15) is 14.7 Å². The molecule has 0 spiro atoms. The highest BCUT2D eigenvalue weighted by atomic mass is 16.5. The largest absolute Gasteiger partial charge is 0.497 e. The number of H-pyrrole nitrogens is 1. The summed E-state index contributed by atoms with van der Waals surface area (Å²) in [5.74, 6) is 0.946. The SMILES string of the molecule is COc1ccc2nc(C[C@H]3CN(C(C)=O)CC[C@H]3CC(=O)O)[nH]c2c1. The first-order valence-electron chi connectivity index (χ1n) is 8.46. The molecule has 2 N–H and O–H groups in total. The molecule has 3 rings (SSSR count). The van der Waals surface area contributed by atoms with E-state index in [1.54, 1.807) is 18.9 Å². The topological polar surface area (TPSA) is 95.5 Å². The van der Waals surface area contributed by atoms with E-state index in [2.05, 4.69) is 9.97 Å². The molecule has 134 valence electrons. The highest BCUT2D eigenvalue weighted by molar-refractivity contribution is 5.77. The number of imidazole rings is 1. The Morgan fingerprint density at radius 1 is 1.40 bits per heavy atom. The number of ether oxygens (including phenoxy) is 1. The van der Waals surface area contributed by atoms with Gasteiger partial charge in [0.25, 0.3) is 0 Å². The second-order valence-electron chi connectivity index (χ2n) is 6.64. The molecule has 1 aliphatic rings. The van der Waals surface area contributed by atoms with E-state index in [-0.39, 0.29) is 24.2 Å². The van der Waals surface area contributed by atoms with E-state index in [0.717, 1.165) is 22.6 Å². The monoisotopic (exact) mass is 345 g/mol. The quantitative estimate of drug-likeness (QED) is 0.865. The second-order valence-corrected chi connectivity index (χ2v) is 6.64. The standard InChI is InChI=1S/C18H23N3O4/c1-11(22)21-6-5-12(8-18(23)24)13(10-21)7-17-19-15-4-3-14(25-2)9-16(15)20-17/h3-4,9,12-13H,5-8,10H2,1-2H3,(H,19,20)(H,23,24)/t12-,13-/m0/s1. The van der Waals surface area contributed by atoms with Gasteiger partial charge in [-0.1, -0.05) is 0 Å². The highest BCUT2D eigenvalue weighted by Crippen LogP contribution is 2.30. The van der Waals surface area contributed by atoms with Crippen LogP contribution in [0.5, 0.6) is 5.75 Å². The van der Waals surface area contributed by atoms with Gasteiger partial charge in [-0.25, -0.2) is 4.98 Å². The zero-order chi connectivity index (χ0) is 18.0. The molecule has 0 saturated carbocycles. The first-order chi connectivity index (χ1) is 12.0. The van der Waals surface area contributed by atoms with Crippen LogP contribution in [0.4, 0.5) is 0 Å². The Hall–Kier alpha value is -2.57. The highest BCUT2D eigenvalue weighted by Gasteiger charge is 2.32. The van der Waals surface area contributed by atoms with Crippen molar-refractivity contribution in [3.8, 4) is 5.75 Å². The molecular formula is C18H23N3O4. The number of aromatic amines is 1. The van der Waals surface area contributed by atoms with Gasteiger partial charge in [-0.15, -0.1) is 0 Å². The molecule has 25 heavy (non-hydrogen) atoms. The Morgan fingerprint density at radius 3 is 2.88 bits per heavy atom. The molecule has 2 aromatic rings. The fourth-order valence-electron chi connectivity index (χ4n) is 3.60. The van der Waals surface area contributed by atoms with Crippen LogP contribution in [0, 0.1) is 11.8 Å². The molecule has 1 saturated heterocycles. The number of hydrogen-bond donors (Lipinski definition) is 2. The average Bonchev–Trinajstić information content (AvgIpc) is 2.97. The van der Waals surface area contributed by atoms with Crippen molar-refractivity contribution in [1.29, 1.82) is 0 Å². The maximum atomic E-state index is 11.7. The minimum absolute atomic E-state index is 0.0353. The molecule has 2 heterocycles. The number of rotatable bonds is 5. The first-order valence-corrected chi connectivity index (χ1v) is 8.46. The molecule has 0 radical (unpaired) electrons. The summed E-state index contributed by atoms with van der Waals surface area (Å²) in [6.07, 6.45) is 1.47. The van der Waals surface area contributed by atoms with E-state index in [4.69, 9.17) is 4.74 Å². The van der Waals surface area contributed by atoms with Crippen molar-refractivity contribution in [2.45, 2.75) is 26.2 Å². The molecule has 1 aliphatic heterocycles. The Balaban J connectivity index is 1.81. The number of carboxylic acid groups (broad SMARTS) is 1. The molecule has 1 amide bonds. The van der Waals surface area contributed by atoms with Gasteiger partial charge in [0.05, 0.1) is 18.1 Å². The summed E-state index contributed by atoms with van der Waals surface area (Å²) >= 11 is 0. The Bertz CT molecular complexity index is 786. The van der Waals surface area contributed by atoms with Crippen LogP contribution in [0.3, 0.4) is 0 Å². The molecule has 1 aromatic heterocycles. The smallest absolute Gasteiger partial charge is 0.303 e. The number of hydrogen-bond acceptors (Lipinski definition) is 4. The normalized spacial score (nSPS) is 20.6. The van der Waals surface area contributed by atoms with Crippen LogP contribution in [-0.4, -0.2) is 52.1 Å². The van der Waals surface area contributed by atoms with Crippen LogP contribution < -0.4 is 4.74 Å². The Labute approximate surface area is 146 Å². The van der Waals surface area contributed by atoms with Crippen LogP contribution in [0.1, 0.15) is 25.6 Å². The van der Waals surface area contributed by atoms with Crippen molar-refractivity contribution < 1.29 is 19.4 Å². The zero-order valence-corrected chi connectivity index (χ0v) is 14.5. The van der Waals surface area contributed by atoms with Gasteiger partial charge in [-0.3, -0.25) is 9.59 Å². The van der Waals surface area contributed by atoms with Crippen molar-refractivity contribution in [1.82, 2.24) is 14.9 Å². The van der Waals surface area contributed by atoms with Crippen molar-refractivity contribution in [2.24, 2.45) is 11.8 Å². The van der Waals surface area contributed by atoms with Crippen molar-refractivity contribution >= 4 is 22.9 Å². The lowest BCUT2D eigenvalue weighted by molar-refractivity contribution is -0.139. The van der Waals surface area contributed by atoms with Crippen LogP contribution >= 0.6 is 0 Å². The fourth-order valence-corrected chi connectivity index (χ4v) is 3.60. The Kier molecular flexibility index (Phi) is 4.92. The van der Waals surface area contributed by atoms with Gasteiger partial charge in [-0.05, 0) is 30.4 Å². The number of amides is 1. The fraction of sp³-hybridized carbons (Fsp3) is 0.500. The summed E-state index contributed by atoms with van der Waals surface area (Å²) in [7, 11) is 1.62. The number of aromatic nitrogens is 2. The predicted octanol–water partition coefficient (Wildman–Crippen LogP) is 2.07. The predicted molar refractivity (Wildman–Crippen MR) is 92.5 cm³/mol. The number of nitrogens with one attached hydrogen (secondary N) is 1. The van der Waals surface area contributed by atoms with Gasteiger partial charge in [0.2, 0.25) is 5.91 Å². The first kappa shape index (κ1) is 17.3. The lowest BCUT2D eigenvalue weighted by Crippen LogP contribution is -2.44. The lowest BCUT2D eigenvalue weighted by atomic mass is 9.81. The second kappa shape index (κ2) is 7.13. The van der Waals surface area contributed by atoms with Gasteiger partial charge in [-0.2, -0.15) is 0 Å². The summed E-state index contributed by atoms with van der Waals surface area (Å²) < 4.78 is 5.23. The Morgan fingerprint density at radius 2 is 2.20 bits per heavy atom. The van der Waals surface area contributed by atoms with Crippen LogP contribution in [0.15, 0.2) is 18.2 Å². The third-order valence-electron chi connectivity index (χ3n) is 4.97. The third kappa shape index (κ3) is 3.92. The summed E-state index contributed by atoms with van der Waals surface area (Å²) in [5, 5.41) is 9.18. The number of benzene rings is 1. The lowest BCUT2D eigenvalue weighted by Gasteiger charge is -2.37. The van der Waals surface area contributed by atoms with Gasteiger partial charge < -0.3 is 19.7 Å². The van der Waals surface area contributed by atoms with Gasteiger partial charge in [0.1, 0.15) is 11.6 Å². The number of carboxylic acids is 1. The van der Waals surface area contributed by atoms with E-state index in [0.29, 0.717) is 25.9 Å². The number of methoxy groups -OCH3 is 1. The molecule has 2 atom stereocenters. The molecular weight excluding hydrogens is 322 g/mol. The molecule has 0 unspecified atom stereocenters. The zero-order valence-electron chi connectivity index (χ0n) is 14.5. The molecule has 0 bridgehead atoms. The number of nitrogens with zero attached hydrogens (tertiary/aromatic N) is 2. The minimum atomic E-state index is -0.791. The number of piperidine rings is 1. The van der Waals surface area contributed by atoms with Crippen molar-refractivity contribution in [3.05, 3.63) is 24.0 Å². The number of fused-ring (bicyclic) bond motifs is 1. The van der Waals surface area contributed by atoms with Crippen LogP contribution in [0.2, 0.25) is 0 Å². The molecule has 7 nitrogen and oxygen atoms in total. The summed E-state index contributed by atoms with van der Waals surface area (Å²) in [5.41, 5.74) is 1.74. The van der Waals surface area contributed by atoms with Crippen LogP contribution in [-0.2, 0) is 16.0 Å². The van der Waals surface area contributed by atoms with Gasteiger partial charge in [0.15, 0.2) is 0 Å². The number of likely N-dealkylation sites (tertiary alicyclic amines) is 1. The molecule has 1 fully saturated rings. The minimum Gasteiger partial charge on any atom is -0.497 e. The maximum absolute atomic E-state index is 11.7. The number of aliphatic carboxylic acids is 1. The van der Waals surface area contributed by atoms with Gasteiger partial charge in [0, 0.05) is 38.9 Å². The van der Waals surface area contributed by atoms with Crippen molar-refractivity contribution in [3.63, 3.8) is 0 Å². The third-order valence-corrected chi connectivity index (χ3v) is 4.97. The summed E-state index contributed by atoms with van der Waals surface area (Å²) in [6, 6.07) is 5.65. The summed E-state index contributed by atoms with van der Waals surface area (Å²) in [4.78, 5) is 32.6. The van der Waals surface area contributed by atoms with Crippen molar-refractivity contribution in [2.75, 3.05) is 20.2 Å². The maximum Gasteiger partial charge on any atom is 0.303 e. The summed E-state index contributed by atoms with van der Waals surface area (Å²) in [6.45, 7) is 2.76. The van der Waals surface area contributed by atoms with E-state index < -0.39 is 5.97 Å². The average molecular weight is 345 g/mol. The van der Waals surface area contributed by atoms with E-state index in [1.807, 2.05) is 18.2 Å². The van der Waals surface area contributed by atoms with Gasteiger partial charge >= 0.3 is 5.97 Å². The van der Waals surface area contributed by atoms with E-state index in [1.165, 1.54) is 0 Å². The molecule has 7 heteroatoms. The van der Waals surface area contributed by atoms with E-state index >= 15 is 0 Å².